The molecule has 1 aromatic carbocycles. The Bertz CT molecular complexity index is 1010. The summed E-state index contributed by atoms with van der Waals surface area (Å²) < 4.78 is 0. The van der Waals surface area contributed by atoms with E-state index >= 15 is 0 Å². The average Bonchev–Trinajstić information content (AvgIpc) is 3.30. The molecule has 0 spiro atoms. The summed E-state index contributed by atoms with van der Waals surface area (Å²) in [6.45, 7) is 2.18. The van der Waals surface area contributed by atoms with Crippen LogP contribution in [0.3, 0.4) is 0 Å². The van der Waals surface area contributed by atoms with E-state index in [1.807, 2.05) is 24.3 Å². The van der Waals surface area contributed by atoms with E-state index in [4.69, 9.17) is 0 Å². The van der Waals surface area contributed by atoms with Gasteiger partial charge in [-0.1, -0.05) is 6.07 Å². The van der Waals surface area contributed by atoms with E-state index in [0.717, 1.165) is 16.8 Å². The number of imidazole rings is 1. The lowest BCUT2D eigenvalue weighted by molar-refractivity contribution is -0.138. The second-order valence-electron chi connectivity index (χ2n) is 6.77. The van der Waals surface area contributed by atoms with Gasteiger partial charge >= 0.3 is 5.69 Å². The number of H-pyrrole nitrogens is 3. The minimum absolute atomic E-state index is 0.0312. The highest BCUT2D eigenvalue weighted by Gasteiger charge is 2.24. The van der Waals surface area contributed by atoms with Gasteiger partial charge in [-0.25, -0.2) is 4.79 Å². The zero-order valence-electron chi connectivity index (χ0n) is 14.8. The molecule has 0 bridgehead atoms. The summed E-state index contributed by atoms with van der Waals surface area (Å²) in [4.78, 5) is 48.3. The van der Waals surface area contributed by atoms with Gasteiger partial charge in [0.1, 0.15) is 0 Å². The molecule has 1 aliphatic heterocycles. The molecule has 0 unspecified atom stereocenters. The fourth-order valence-electron chi connectivity index (χ4n) is 3.43. The van der Waals surface area contributed by atoms with Gasteiger partial charge < -0.3 is 24.8 Å². The third-order valence-electron chi connectivity index (χ3n) is 4.92. The van der Waals surface area contributed by atoms with Gasteiger partial charge in [-0.15, -0.1) is 0 Å². The standard InChI is InChI=1S/C19H21N5O3/c25-17(11-13-3-4-15-16(10-13)22-19(27)21-15)23-6-8-24(9-7-23)18(26)12-14-2-1-5-20-14/h1-5,10,20H,6-9,11-12H2,(H2,21,22,27). The van der Waals surface area contributed by atoms with Gasteiger partial charge in [0.25, 0.3) is 0 Å². The van der Waals surface area contributed by atoms with Crippen molar-refractivity contribution >= 4 is 22.8 Å². The van der Waals surface area contributed by atoms with Crippen molar-refractivity contribution in [3.63, 3.8) is 0 Å². The zero-order valence-corrected chi connectivity index (χ0v) is 14.8. The monoisotopic (exact) mass is 367 g/mol. The predicted molar refractivity (Wildman–Crippen MR) is 100 cm³/mol. The van der Waals surface area contributed by atoms with E-state index in [-0.39, 0.29) is 23.9 Å². The second-order valence-corrected chi connectivity index (χ2v) is 6.77. The van der Waals surface area contributed by atoms with Gasteiger partial charge in [0, 0.05) is 38.1 Å². The maximum Gasteiger partial charge on any atom is 0.323 e. The van der Waals surface area contributed by atoms with Crippen molar-refractivity contribution < 1.29 is 9.59 Å². The van der Waals surface area contributed by atoms with E-state index in [2.05, 4.69) is 15.0 Å². The molecule has 0 aliphatic carbocycles. The fourth-order valence-corrected chi connectivity index (χ4v) is 3.43. The third kappa shape index (κ3) is 3.79. The summed E-state index contributed by atoms with van der Waals surface area (Å²) in [5, 5.41) is 0. The van der Waals surface area contributed by atoms with E-state index < -0.39 is 0 Å². The smallest absolute Gasteiger partial charge is 0.323 e. The number of piperazine rings is 1. The van der Waals surface area contributed by atoms with E-state index in [9.17, 15) is 14.4 Å². The van der Waals surface area contributed by atoms with Crippen LogP contribution in [0.15, 0.2) is 41.3 Å². The number of carbonyl (C=O) groups is 2. The molecule has 2 amide bonds. The Morgan fingerprint density at radius 2 is 1.56 bits per heavy atom. The molecule has 3 aromatic rings. The SMILES string of the molecule is O=C(Cc1ccc2[nH]c(=O)[nH]c2c1)N1CCN(C(=O)Cc2ccc[nH]2)CC1. The van der Waals surface area contributed by atoms with E-state index in [1.54, 1.807) is 22.1 Å². The van der Waals surface area contributed by atoms with Crippen LogP contribution in [0.2, 0.25) is 0 Å². The number of rotatable bonds is 4. The maximum atomic E-state index is 12.6. The second kappa shape index (κ2) is 7.14. The predicted octanol–water partition coefficient (Wildman–Crippen LogP) is 0.640. The molecular weight excluding hydrogens is 346 g/mol. The molecule has 0 radical (unpaired) electrons. The van der Waals surface area contributed by atoms with Crippen molar-refractivity contribution in [3.05, 3.63) is 58.3 Å². The van der Waals surface area contributed by atoms with Gasteiger partial charge in [-0.05, 0) is 29.8 Å². The largest absolute Gasteiger partial charge is 0.365 e. The molecular formula is C19H21N5O3. The van der Waals surface area contributed by atoms with E-state index in [1.165, 1.54) is 0 Å². The Hall–Kier alpha value is -3.29. The first-order valence-corrected chi connectivity index (χ1v) is 8.97. The number of nitrogens with zero attached hydrogens (tertiary/aromatic N) is 2. The van der Waals surface area contributed by atoms with Crippen molar-refractivity contribution in [2.24, 2.45) is 0 Å². The fraction of sp³-hybridized carbons (Fsp3) is 0.316. The van der Waals surface area contributed by atoms with Gasteiger partial charge in [-0.2, -0.15) is 0 Å². The first kappa shape index (κ1) is 17.1. The van der Waals surface area contributed by atoms with Gasteiger partial charge in [0.2, 0.25) is 11.8 Å². The highest BCUT2D eigenvalue weighted by molar-refractivity contribution is 5.82. The van der Waals surface area contributed by atoms with Crippen LogP contribution in [-0.2, 0) is 22.4 Å². The summed E-state index contributed by atoms with van der Waals surface area (Å²) in [6, 6.07) is 9.24. The molecule has 3 N–H and O–H groups in total. The number of carbonyl (C=O) groups excluding carboxylic acids is 2. The lowest BCUT2D eigenvalue weighted by atomic mass is 10.1. The molecule has 3 heterocycles. The summed E-state index contributed by atoms with van der Waals surface area (Å²) in [7, 11) is 0. The van der Waals surface area contributed by atoms with Crippen molar-refractivity contribution in [1.29, 1.82) is 0 Å². The van der Waals surface area contributed by atoms with Gasteiger partial charge in [0.15, 0.2) is 0 Å². The normalized spacial score (nSPS) is 14.7. The molecule has 1 aliphatic rings. The quantitative estimate of drug-likeness (QED) is 0.630. The van der Waals surface area contributed by atoms with Gasteiger partial charge in [-0.3, -0.25) is 9.59 Å². The number of fused-ring (bicyclic) bond motifs is 1. The minimum atomic E-state index is -0.256. The molecule has 140 valence electrons. The van der Waals surface area contributed by atoms with Crippen LogP contribution in [0, 0.1) is 0 Å². The Morgan fingerprint density at radius 1 is 0.889 bits per heavy atom. The Kier molecular flexibility index (Phi) is 4.53. The van der Waals surface area contributed by atoms with Crippen molar-refractivity contribution in [1.82, 2.24) is 24.8 Å². The molecule has 4 rings (SSSR count). The molecule has 8 heteroatoms. The minimum Gasteiger partial charge on any atom is -0.365 e. The van der Waals surface area contributed by atoms with Crippen LogP contribution in [0.25, 0.3) is 11.0 Å². The molecule has 0 saturated carbocycles. The topological polar surface area (TPSA) is 105 Å². The Balaban J connectivity index is 1.32. The van der Waals surface area contributed by atoms with Crippen LogP contribution in [-0.4, -0.2) is 62.7 Å². The number of aromatic nitrogens is 3. The number of hydrogen-bond acceptors (Lipinski definition) is 3. The number of aromatic amines is 3. The van der Waals surface area contributed by atoms with Crippen molar-refractivity contribution in [2.75, 3.05) is 26.2 Å². The van der Waals surface area contributed by atoms with Crippen LogP contribution < -0.4 is 5.69 Å². The van der Waals surface area contributed by atoms with Crippen LogP contribution >= 0.6 is 0 Å². The highest BCUT2D eigenvalue weighted by Crippen LogP contribution is 2.13. The summed E-state index contributed by atoms with van der Waals surface area (Å²) in [5.74, 6) is 0.107. The summed E-state index contributed by atoms with van der Waals surface area (Å²) in [5.41, 5.74) is 2.92. The number of benzene rings is 1. The first-order valence-electron chi connectivity index (χ1n) is 8.97. The molecule has 2 aromatic heterocycles. The number of hydrogen-bond donors (Lipinski definition) is 3. The van der Waals surface area contributed by atoms with E-state index in [0.29, 0.717) is 38.1 Å². The molecule has 27 heavy (non-hydrogen) atoms. The lowest BCUT2D eigenvalue weighted by Gasteiger charge is -2.35. The Morgan fingerprint density at radius 3 is 2.22 bits per heavy atom. The number of nitrogens with one attached hydrogen (secondary N) is 3. The maximum absolute atomic E-state index is 12.6. The average molecular weight is 367 g/mol. The van der Waals surface area contributed by atoms with Crippen LogP contribution in [0.5, 0.6) is 0 Å². The Labute approximate surface area is 155 Å². The highest BCUT2D eigenvalue weighted by atomic mass is 16.2. The molecule has 8 nitrogen and oxygen atoms in total. The van der Waals surface area contributed by atoms with Crippen LogP contribution in [0.1, 0.15) is 11.3 Å². The molecule has 1 saturated heterocycles. The number of amides is 2. The summed E-state index contributed by atoms with van der Waals surface area (Å²) in [6.07, 6.45) is 2.44. The zero-order chi connectivity index (χ0) is 18.8. The molecule has 1 fully saturated rings. The lowest BCUT2D eigenvalue weighted by Crippen LogP contribution is -2.51. The van der Waals surface area contributed by atoms with Crippen LogP contribution in [0.4, 0.5) is 0 Å². The first-order chi connectivity index (χ1) is 13.1. The summed E-state index contributed by atoms with van der Waals surface area (Å²) >= 11 is 0. The van der Waals surface area contributed by atoms with Crippen molar-refractivity contribution in [2.45, 2.75) is 12.8 Å². The molecule has 0 atom stereocenters. The third-order valence-corrected chi connectivity index (χ3v) is 4.92. The van der Waals surface area contributed by atoms with Crippen molar-refractivity contribution in [3.8, 4) is 0 Å². The van der Waals surface area contributed by atoms with Gasteiger partial charge in [0.05, 0.1) is 23.9 Å².